The van der Waals surface area contributed by atoms with Crippen LogP contribution in [-0.4, -0.2) is 25.8 Å². The summed E-state index contributed by atoms with van der Waals surface area (Å²) in [6.45, 7) is 1.72. The third-order valence-corrected chi connectivity index (χ3v) is 4.58. The molecule has 1 heterocycles. The van der Waals surface area contributed by atoms with Gasteiger partial charge in [0.15, 0.2) is 0 Å². The highest BCUT2D eigenvalue weighted by molar-refractivity contribution is 6.14. The molecule has 142 valence electrons. The van der Waals surface area contributed by atoms with Crippen LogP contribution in [0.5, 0.6) is 11.5 Å². The van der Waals surface area contributed by atoms with Crippen LogP contribution in [-0.2, 0) is 0 Å². The molecule has 0 spiro atoms. The average molecular weight is 391 g/mol. The van der Waals surface area contributed by atoms with E-state index in [0.717, 1.165) is 35.9 Å². The molecule has 0 radical (unpaired) electrons. The van der Waals surface area contributed by atoms with Crippen LogP contribution in [0.4, 0.5) is 5.69 Å². The molecule has 4 rings (SSSR count). The second kappa shape index (κ2) is 9.25. The molecule has 0 fully saturated rings. The van der Waals surface area contributed by atoms with Crippen molar-refractivity contribution in [1.29, 1.82) is 0 Å². The van der Waals surface area contributed by atoms with Gasteiger partial charge in [-0.2, -0.15) is 0 Å². The van der Waals surface area contributed by atoms with E-state index in [-0.39, 0.29) is 12.4 Å². The number of likely N-dealkylation sites (N-methyl/N-ethyl adjacent to an activating group) is 1. The molecule has 0 aromatic heterocycles. The van der Waals surface area contributed by atoms with Gasteiger partial charge in [0, 0.05) is 24.8 Å². The number of allylic oxidation sites excluding steroid dienone is 1. The Balaban J connectivity index is 0.00000225. The molecule has 3 aromatic rings. The summed E-state index contributed by atoms with van der Waals surface area (Å²) in [5, 5.41) is 0. The van der Waals surface area contributed by atoms with Crippen molar-refractivity contribution in [3.63, 3.8) is 0 Å². The Hall–Kier alpha value is -3.04. The van der Waals surface area contributed by atoms with Crippen LogP contribution in [0.15, 0.2) is 89.9 Å². The van der Waals surface area contributed by atoms with E-state index in [1.807, 2.05) is 48.5 Å². The Kier molecular flexibility index (Phi) is 6.51. The predicted octanol–water partition coefficient (Wildman–Crippen LogP) is 5.85. The molecule has 3 aromatic carbocycles. The van der Waals surface area contributed by atoms with Crippen LogP contribution in [0.1, 0.15) is 11.1 Å². The van der Waals surface area contributed by atoms with E-state index in [2.05, 4.69) is 54.4 Å². The topological polar surface area (TPSA) is 24.8 Å². The van der Waals surface area contributed by atoms with Gasteiger partial charge in [0.1, 0.15) is 11.5 Å². The van der Waals surface area contributed by atoms with Crippen molar-refractivity contribution in [3.8, 4) is 11.5 Å². The molecule has 0 N–H and O–H groups in total. The third-order valence-electron chi connectivity index (χ3n) is 4.58. The van der Waals surface area contributed by atoms with E-state index in [0.29, 0.717) is 0 Å². The standard InChI is InChI=1S/C24H22N2O.ClH/c1-26-17-16-25-23(22-12-5-6-13-24(22)26)15-14-19-8-7-11-21(18-19)27-20-9-3-2-4-10-20;/h2-15,18H,16-17H2,1H3;1H/b15-14+;. The molecule has 0 amide bonds. The Morgan fingerprint density at radius 3 is 2.46 bits per heavy atom. The first kappa shape index (κ1) is 19.7. The SMILES string of the molecule is CN1CCN=C(/C=C/c2cccc(Oc3ccccc3)c2)c2ccccc21.Cl. The van der Waals surface area contributed by atoms with Gasteiger partial charge < -0.3 is 9.64 Å². The Labute approximate surface area is 172 Å². The first-order chi connectivity index (χ1) is 13.3. The van der Waals surface area contributed by atoms with Crippen molar-refractivity contribution < 1.29 is 4.74 Å². The summed E-state index contributed by atoms with van der Waals surface area (Å²) in [7, 11) is 2.12. The Morgan fingerprint density at radius 2 is 1.61 bits per heavy atom. The van der Waals surface area contributed by atoms with Gasteiger partial charge in [-0.3, -0.25) is 4.99 Å². The molecule has 0 aliphatic carbocycles. The monoisotopic (exact) mass is 390 g/mol. The number of para-hydroxylation sites is 2. The summed E-state index contributed by atoms with van der Waals surface area (Å²) >= 11 is 0. The zero-order valence-electron chi connectivity index (χ0n) is 15.8. The highest BCUT2D eigenvalue weighted by Gasteiger charge is 2.13. The lowest BCUT2D eigenvalue weighted by Gasteiger charge is -2.18. The quantitative estimate of drug-likeness (QED) is 0.558. The minimum absolute atomic E-state index is 0. The molecular formula is C24H23ClN2O. The number of hydrogen-bond acceptors (Lipinski definition) is 3. The molecule has 0 saturated heterocycles. The van der Waals surface area contributed by atoms with Gasteiger partial charge in [0.2, 0.25) is 0 Å². The zero-order valence-corrected chi connectivity index (χ0v) is 16.6. The van der Waals surface area contributed by atoms with Gasteiger partial charge in [-0.25, -0.2) is 0 Å². The van der Waals surface area contributed by atoms with E-state index >= 15 is 0 Å². The summed E-state index contributed by atoms with van der Waals surface area (Å²) in [4.78, 5) is 7.04. The zero-order chi connectivity index (χ0) is 18.5. The molecule has 0 atom stereocenters. The van der Waals surface area contributed by atoms with Crippen molar-refractivity contribution in [2.24, 2.45) is 4.99 Å². The maximum atomic E-state index is 5.93. The second-order valence-corrected chi connectivity index (χ2v) is 6.53. The van der Waals surface area contributed by atoms with Gasteiger partial charge in [-0.05, 0) is 42.0 Å². The van der Waals surface area contributed by atoms with Crippen molar-refractivity contribution in [2.75, 3.05) is 25.0 Å². The lowest BCUT2D eigenvalue weighted by Crippen LogP contribution is -2.20. The van der Waals surface area contributed by atoms with Gasteiger partial charge in [0.25, 0.3) is 0 Å². The number of ether oxygens (including phenoxy) is 1. The molecule has 28 heavy (non-hydrogen) atoms. The normalized spacial score (nSPS) is 13.3. The number of anilines is 1. The van der Waals surface area contributed by atoms with E-state index in [1.54, 1.807) is 0 Å². The van der Waals surface area contributed by atoms with Gasteiger partial charge in [-0.1, -0.05) is 54.6 Å². The fourth-order valence-electron chi connectivity index (χ4n) is 3.17. The smallest absolute Gasteiger partial charge is 0.128 e. The van der Waals surface area contributed by atoms with E-state index in [9.17, 15) is 0 Å². The molecule has 0 bridgehead atoms. The maximum absolute atomic E-state index is 5.93. The average Bonchev–Trinajstić information content (AvgIpc) is 2.87. The molecule has 3 nitrogen and oxygen atoms in total. The van der Waals surface area contributed by atoms with E-state index < -0.39 is 0 Å². The lowest BCUT2D eigenvalue weighted by atomic mass is 10.1. The minimum atomic E-state index is 0. The molecule has 1 aliphatic rings. The third kappa shape index (κ3) is 4.62. The molecule has 1 aliphatic heterocycles. The van der Waals surface area contributed by atoms with Gasteiger partial charge in [0.05, 0.1) is 12.3 Å². The minimum Gasteiger partial charge on any atom is -0.457 e. The number of aliphatic imine (C=N–C) groups is 1. The van der Waals surface area contributed by atoms with E-state index in [1.165, 1.54) is 11.3 Å². The maximum Gasteiger partial charge on any atom is 0.128 e. The molecular weight excluding hydrogens is 368 g/mol. The number of benzodiazepines with no additional fused rings is 1. The number of rotatable bonds is 4. The lowest BCUT2D eigenvalue weighted by molar-refractivity contribution is 0.482. The fraction of sp³-hybridized carbons (Fsp3) is 0.125. The van der Waals surface area contributed by atoms with Crippen molar-refractivity contribution in [1.82, 2.24) is 0 Å². The second-order valence-electron chi connectivity index (χ2n) is 6.53. The fourth-order valence-corrected chi connectivity index (χ4v) is 3.17. The number of nitrogens with zero attached hydrogens (tertiary/aromatic N) is 2. The highest BCUT2D eigenvalue weighted by Crippen LogP contribution is 2.24. The van der Waals surface area contributed by atoms with Crippen LogP contribution in [0, 0.1) is 0 Å². The first-order valence-electron chi connectivity index (χ1n) is 9.16. The summed E-state index contributed by atoms with van der Waals surface area (Å²) in [6.07, 6.45) is 4.19. The van der Waals surface area contributed by atoms with Gasteiger partial charge in [-0.15, -0.1) is 12.4 Å². The Morgan fingerprint density at radius 1 is 0.857 bits per heavy atom. The summed E-state index contributed by atoms with van der Waals surface area (Å²) in [5.41, 5.74) is 4.50. The van der Waals surface area contributed by atoms with Crippen LogP contribution in [0.3, 0.4) is 0 Å². The van der Waals surface area contributed by atoms with Crippen molar-refractivity contribution in [2.45, 2.75) is 0 Å². The number of fused-ring (bicyclic) bond motifs is 1. The van der Waals surface area contributed by atoms with Crippen LogP contribution < -0.4 is 9.64 Å². The summed E-state index contributed by atoms with van der Waals surface area (Å²) in [6, 6.07) is 26.3. The number of benzene rings is 3. The highest BCUT2D eigenvalue weighted by atomic mass is 35.5. The largest absolute Gasteiger partial charge is 0.457 e. The molecule has 0 unspecified atom stereocenters. The number of halogens is 1. The van der Waals surface area contributed by atoms with Gasteiger partial charge >= 0.3 is 0 Å². The Bertz CT molecular complexity index is 983. The molecule has 0 saturated carbocycles. The summed E-state index contributed by atoms with van der Waals surface area (Å²) in [5.74, 6) is 1.66. The van der Waals surface area contributed by atoms with Crippen molar-refractivity contribution in [3.05, 3.63) is 96.1 Å². The number of hydrogen-bond donors (Lipinski definition) is 0. The predicted molar refractivity (Wildman–Crippen MR) is 120 cm³/mol. The van der Waals surface area contributed by atoms with E-state index in [4.69, 9.17) is 9.73 Å². The first-order valence-corrected chi connectivity index (χ1v) is 9.16. The summed E-state index contributed by atoms with van der Waals surface area (Å²) < 4.78 is 5.93. The van der Waals surface area contributed by atoms with Crippen molar-refractivity contribution >= 4 is 29.9 Å². The van der Waals surface area contributed by atoms with Crippen LogP contribution in [0.25, 0.3) is 6.08 Å². The van der Waals surface area contributed by atoms with Crippen LogP contribution in [0.2, 0.25) is 0 Å². The van der Waals surface area contributed by atoms with Crippen LogP contribution >= 0.6 is 12.4 Å². The molecule has 4 heteroatoms.